The summed E-state index contributed by atoms with van der Waals surface area (Å²) in [4.78, 5) is 0. The maximum absolute atomic E-state index is 9.71. The predicted octanol–water partition coefficient (Wildman–Crippen LogP) is 0.416. The van der Waals surface area contributed by atoms with E-state index in [1.54, 1.807) is 12.1 Å². The van der Waals surface area contributed by atoms with Crippen LogP contribution in [0.2, 0.25) is 0 Å². The molecule has 0 amide bonds. The second-order valence-corrected chi connectivity index (χ2v) is 3.13. The van der Waals surface area contributed by atoms with Gasteiger partial charge in [0.1, 0.15) is 0 Å². The van der Waals surface area contributed by atoms with E-state index >= 15 is 0 Å². The minimum absolute atomic E-state index is 0.0653. The van der Waals surface area contributed by atoms with Gasteiger partial charge < -0.3 is 14.8 Å². The lowest BCUT2D eigenvalue weighted by molar-refractivity contribution is 0.216. The summed E-state index contributed by atoms with van der Waals surface area (Å²) < 4.78 is 5.16. The van der Waals surface area contributed by atoms with Crippen molar-refractivity contribution in [2.75, 3.05) is 13.2 Å². The summed E-state index contributed by atoms with van der Waals surface area (Å²) in [5.74, 6) is 0. The Morgan fingerprint density at radius 1 is 1.40 bits per heavy atom. The lowest BCUT2D eigenvalue weighted by Crippen LogP contribution is -2.35. The number of benzene rings is 1. The molecule has 0 saturated heterocycles. The van der Waals surface area contributed by atoms with E-state index < -0.39 is 7.12 Å². The minimum atomic E-state index is -0.953. The SMILES string of the molecule is C=Cc1ccccc1B(O)OCCCO. The van der Waals surface area contributed by atoms with Crippen molar-refractivity contribution >= 4 is 18.7 Å². The van der Waals surface area contributed by atoms with E-state index in [1.165, 1.54) is 0 Å². The molecule has 0 aromatic heterocycles. The van der Waals surface area contributed by atoms with E-state index in [0.29, 0.717) is 18.5 Å². The number of aliphatic hydroxyl groups is 1. The molecule has 0 aliphatic carbocycles. The fraction of sp³-hybridized carbons (Fsp3) is 0.273. The quantitative estimate of drug-likeness (QED) is 0.523. The molecular weight excluding hydrogens is 191 g/mol. The number of hydrogen-bond donors (Lipinski definition) is 2. The van der Waals surface area contributed by atoms with Crippen molar-refractivity contribution in [2.24, 2.45) is 0 Å². The van der Waals surface area contributed by atoms with E-state index in [-0.39, 0.29) is 6.61 Å². The summed E-state index contributed by atoms with van der Waals surface area (Å²) >= 11 is 0. The molecule has 0 fully saturated rings. The third kappa shape index (κ3) is 3.51. The molecule has 3 nitrogen and oxygen atoms in total. The lowest BCUT2D eigenvalue weighted by atomic mass is 9.76. The van der Waals surface area contributed by atoms with Crippen molar-refractivity contribution < 1.29 is 14.8 Å². The van der Waals surface area contributed by atoms with E-state index in [0.717, 1.165) is 5.56 Å². The van der Waals surface area contributed by atoms with Crippen LogP contribution in [0.15, 0.2) is 30.8 Å². The zero-order chi connectivity index (χ0) is 11.1. The average molecular weight is 206 g/mol. The Morgan fingerprint density at radius 3 is 2.80 bits per heavy atom. The van der Waals surface area contributed by atoms with Crippen LogP contribution in [-0.4, -0.2) is 30.5 Å². The van der Waals surface area contributed by atoms with E-state index in [9.17, 15) is 5.02 Å². The van der Waals surface area contributed by atoms with Gasteiger partial charge in [-0.05, 0) is 17.4 Å². The topological polar surface area (TPSA) is 49.7 Å². The fourth-order valence-electron chi connectivity index (χ4n) is 1.27. The maximum Gasteiger partial charge on any atom is 0.491 e. The molecule has 0 spiro atoms. The normalized spacial score (nSPS) is 10.0. The van der Waals surface area contributed by atoms with E-state index in [1.807, 2.05) is 18.2 Å². The average Bonchev–Trinajstić information content (AvgIpc) is 2.29. The first kappa shape index (κ1) is 12.0. The first-order valence-corrected chi connectivity index (χ1v) is 4.91. The highest BCUT2D eigenvalue weighted by molar-refractivity contribution is 6.60. The smallest absolute Gasteiger partial charge is 0.423 e. The number of rotatable bonds is 6. The molecule has 0 saturated carbocycles. The van der Waals surface area contributed by atoms with Crippen molar-refractivity contribution in [3.63, 3.8) is 0 Å². The van der Waals surface area contributed by atoms with Gasteiger partial charge in [0.05, 0.1) is 0 Å². The van der Waals surface area contributed by atoms with Crippen LogP contribution in [0, 0.1) is 0 Å². The van der Waals surface area contributed by atoms with Crippen LogP contribution < -0.4 is 5.46 Å². The predicted molar refractivity (Wildman–Crippen MR) is 61.8 cm³/mol. The molecule has 0 heterocycles. The third-order valence-corrected chi connectivity index (χ3v) is 2.06. The fourth-order valence-corrected chi connectivity index (χ4v) is 1.27. The van der Waals surface area contributed by atoms with Crippen LogP contribution in [0.25, 0.3) is 6.08 Å². The molecule has 80 valence electrons. The molecule has 15 heavy (non-hydrogen) atoms. The van der Waals surface area contributed by atoms with Crippen molar-refractivity contribution in [3.05, 3.63) is 36.4 Å². The summed E-state index contributed by atoms with van der Waals surface area (Å²) in [6, 6.07) is 7.36. The van der Waals surface area contributed by atoms with Gasteiger partial charge in [-0.2, -0.15) is 0 Å². The lowest BCUT2D eigenvalue weighted by Gasteiger charge is -2.10. The molecule has 1 rings (SSSR count). The Labute approximate surface area is 90.2 Å². The molecule has 1 aromatic carbocycles. The zero-order valence-electron chi connectivity index (χ0n) is 8.60. The van der Waals surface area contributed by atoms with Crippen LogP contribution in [0.3, 0.4) is 0 Å². The monoisotopic (exact) mass is 206 g/mol. The molecule has 0 aliphatic heterocycles. The first-order chi connectivity index (χ1) is 7.29. The second kappa shape index (κ2) is 6.40. The van der Waals surface area contributed by atoms with Gasteiger partial charge in [0.25, 0.3) is 0 Å². The van der Waals surface area contributed by atoms with Gasteiger partial charge in [0.2, 0.25) is 0 Å². The van der Waals surface area contributed by atoms with E-state index in [4.69, 9.17) is 9.76 Å². The molecule has 0 aliphatic rings. The highest BCUT2D eigenvalue weighted by Crippen LogP contribution is 2.00. The number of hydrogen-bond acceptors (Lipinski definition) is 3. The molecular formula is C11H15BO3. The van der Waals surface area contributed by atoms with Crippen molar-refractivity contribution in [1.82, 2.24) is 0 Å². The van der Waals surface area contributed by atoms with Crippen molar-refractivity contribution in [3.8, 4) is 0 Å². The molecule has 1 aromatic rings. The Kier molecular flexibility index (Phi) is 5.11. The summed E-state index contributed by atoms with van der Waals surface area (Å²) in [5.41, 5.74) is 1.56. The Morgan fingerprint density at radius 2 is 2.13 bits per heavy atom. The largest absolute Gasteiger partial charge is 0.491 e. The third-order valence-electron chi connectivity index (χ3n) is 2.06. The Bertz CT molecular complexity index is 314. The van der Waals surface area contributed by atoms with Gasteiger partial charge in [-0.15, -0.1) is 0 Å². The first-order valence-electron chi connectivity index (χ1n) is 4.91. The Hall–Kier alpha value is -1.10. The van der Waals surface area contributed by atoms with Gasteiger partial charge in [-0.25, -0.2) is 0 Å². The van der Waals surface area contributed by atoms with Crippen LogP contribution in [0.5, 0.6) is 0 Å². The maximum atomic E-state index is 9.71. The molecule has 0 radical (unpaired) electrons. The standard InChI is InChI=1S/C11H15BO3/c1-2-10-6-3-4-7-11(10)12(14)15-9-5-8-13/h2-4,6-7,13-14H,1,5,8-9H2. The minimum Gasteiger partial charge on any atom is -0.423 e. The molecule has 0 atom stereocenters. The Balaban J connectivity index is 2.63. The molecule has 4 heteroatoms. The van der Waals surface area contributed by atoms with Crippen LogP contribution in [-0.2, 0) is 4.65 Å². The zero-order valence-corrected chi connectivity index (χ0v) is 8.60. The van der Waals surface area contributed by atoms with Gasteiger partial charge in [0.15, 0.2) is 0 Å². The highest BCUT2D eigenvalue weighted by Gasteiger charge is 2.18. The van der Waals surface area contributed by atoms with Crippen molar-refractivity contribution in [1.29, 1.82) is 0 Å². The van der Waals surface area contributed by atoms with Crippen LogP contribution >= 0.6 is 0 Å². The highest BCUT2D eigenvalue weighted by atomic mass is 16.5. The molecule has 0 bridgehead atoms. The molecule has 0 unspecified atom stereocenters. The summed E-state index contributed by atoms with van der Waals surface area (Å²) in [6.45, 7) is 4.07. The van der Waals surface area contributed by atoms with Gasteiger partial charge in [0, 0.05) is 13.2 Å². The van der Waals surface area contributed by atoms with E-state index in [2.05, 4.69) is 6.58 Å². The number of aliphatic hydroxyl groups excluding tert-OH is 1. The van der Waals surface area contributed by atoms with Crippen LogP contribution in [0.1, 0.15) is 12.0 Å². The van der Waals surface area contributed by atoms with Gasteiger partial charge >= 0.3 is 7.12 Å². The van der Waals surface area contributed by atoms with Crippen LogP contribution in [0.4, 0.5) is 0 Å². The second-order valence-electron chi connectivity index (χ2n) is 3.13. The summed E-state index contributed by atoms with van der Waals surface area (Å²) in [6.07, 6.45) is 2.20. The van der Waals surface area contributed by atoms with Gasteiger partial charge in [-0.3, -0.25) is 0 Å². The summed E-state index contributed by atoms with van der Waals surface area (Å²) in [7, 11) is -0.953. The summed E-state index contributed by atoms with van der Waals surface area (Å²) in [5, 5.41) is 18.3. The van der Waals surface area contributed by atoms with Gasteiger partial charge in [-0.1, -0.05) is 36.9 Å². The molecule has 2 N–H and O–H groups in total. The van der Waals surface area contributed by atoms with Crippen molar-refractivity contribution in [2.45, 2.75) is 6.42 Å².